The van der Waals surface area contributed by atoms with Crippen LogP contribution in [0.4, 0.5) is 13.2 Å². The fraction of sp³-hybridized carbons (Fsp3) is 0.625. The summed E-state index contributed by atoms with van der Waals surface area (Å²) < 4.78 is 38.3. The highest BCUT2D eigenvalue weighted by Gasteiger charge is 2.35. The van der Waals surface area contributed by atoms with Gasteiger partial charge in [-0.3, -0.25) is 0 Å². The summed E-state index contributed by atoms with van der Waals surface area (Å²) in [6, 6.07) is 5.16. The summed E-state index contributed by atoms with van der Waals surface area (Å²) in [5.74, 6) is 0.579. The second-order valence-electron chi connectivity index (χ2n) is 5.82. The van der Waals surface area contributed by atoms with E-state index in [1.807, 2.05) is 0 Å². The summed E-state index contributed by atoms with van der Waals surface area (Å²) in [5, 5.41) is 10.8. The predicted molar refractivity (Wildman–Crippen MR) is 72.2 cm³/mol. The lowest BCUT2D eigenvalue weighted by Gasteiger charge is -2.28. The molecule has 112 valence electrons. The van der Waals surface area contributed by atoms with E-state index < -0.39 is 17.3 Å². The first-order valence-electron chi connectivity index (χ1n) is 7.25. The van der Waals surface area contributed by atoms with Crippen LogP contribution in [-0.4, -0.2) is 5.11 Å². The van der Waals surface area contributed by atoms with Crippen LogP contribution in [0, 0.1) is 5.92 Å². The summed E-state index contributed by atoms with van der Waals surface area (Å²) in [6.45, 7) is 2.12. The number of aliphatic hydroxyl groups is 1. The maximum Gasteiger partial charge on any atom is 0.416 e. The molecule has 0 heterocycles. The van der Waals surface area contributed by atoms with Crippen LogP contribution >= 0.6 is 0 Å². The minimum atomic E-state index is -4.36. The Balaban J connectivity index is 2.25. The number of alkyl halides is 3. The van der Waals surface area contributed by atoms with Gasteiger partial charge in [0, 0.05) is 0 Å². The molecule has 20 heavy (non-hydrogen) atoms. The molecule has 2 rings (SSSR count). The standard InChI is InChI=1S/C16H21F3O/c1-2-12-5-4-9-15(20,10-8-12)13-6-3-7-14(11-13)16(17,18)19/h3,6-7,11-12,20H,2,4-5,8-10H2,1H3. The van der Waals surface area contributed by atoms with E-state index in [9.17, 15) is 18.3 Å². The van der Waals surface area contributed by atoms with Crippen LogP contribution in [-0.2, 0) is 11.8 Å². The monoisotopic (exact) mass is 286 g/mol. The topological polar surface area (TPSA) is 20.2 Å². The van der Waals surface area contributed by atoms with Crippen molar-refractivity contribution in [2.75, 3.05) is 0 Å². The molecule has 2 unspecified atom stereocenters. The van der Waals surface area contributed by atoms with Crippen molar-refractivity contribution in [3.63, 3.8) is 0 Å². The summed E-state index contributed by atoms with van der Waals surface area (Å²) in [4.78, 5) is 0. The van der Waals surface area contributed by atoms with E-state index in [1.165, 1.54) is 6.07 Å². The zero-order valence-electron chi connectivity index (χ0n) is 11.7. The Morgan fingerprint density at radius 3 is 2.65 bits per heavy atom. The summed E-state index contributed by atoms with van der Waals surface area (Å²) in [6.07, 6.45) is 0.603. The molecule has 1 N–H and O–H groups in total. The number of hydrogen-bond donors (Lipinski definition) is 1. The van der Waals surface area contributed by atoms with Crippen molar-refractivity contribution in [1.29, 1.82) is 0 Å². The molecule has 1 aliphatic carbocycles. The quantitative estimate of drug-likeness (QED) is 0.768. The van der Waals surface area contributed by atoms with Gasteiger partial charge in [-0.2, -0.15) is 13.2 Å². The SMILES string of the molecule is CCC1CCCC(O)(c2cccc(C(F)(F)F)c2)CC1. The Morgan fingerprint density at radius 2 is 2.00 bits per heavy atom. The van der Waals surface area contributed by atoms with E-state index in [2.05, 4.69) is 6.92 Å². The highest BCUT2D eigenvalue weighted by Crippen LogP contribution is 2.40. The van der Waals surface area contributed by atoms with Gasteiger partial charge in [-0.25, -0.2) is 0 Å². The summed E-state index contributed by atoms with van der Waals surface area (Å²) in [5.41, 5.74) is -1.38. The molecule has 4 heteroatoms. The fourth-order valence-electron chi connectivity index (χ4n) is 3.08. The van der Waals surface area contributed by atoms with E-state index in [-0.39, 0.29) is 0 Å². The van der Waals surface area contributed by atoms with Crippen LogP contribution in [0.1, 0.15) is 56.6 Å². The molecular weight excluding hydrogens is 265 g/mol. The zero-order chi connectivity index (χ0) is 14.8. The van der Waals surface area contributed by atoms with E-state index in [0.29, 0.717) is 24.3 Å². The van der Waals surface area contributed by atoms with Gasteiger partial charge in [0.05, 0.1) is 11.2 Å². The molecule has 1 saturated carbocycles. The van der Waals surface area contributed by atoms with Gasteiger partial charge in [-0.15, -0.1) is 0 Å². The van der Waals surface area contributed by atoms with Crippen LogP contribution in [0.5, 0.6) is 0 Å². The smallest absolute Gasteiger partial charge is 0.385 e. The average Bonchev–Trinajstić information content (AvgIpc) is 2.61. The van der Waals surface area contributed by atoms with Gasteiger partial charge in [0.15, 0.2) is 0 Å². The van der Waals surface area contributed by atoms with Crippen molar-refractivity contribution in [2.24, 2.45) is 5.92 Å². The molecule has 0 aromatic heterocycles. The fourth-order valence-corrected chi connectivity index (χ4v) is 3.08. The van der Waals surface area contributed by atoms with Crippen molar-refractivity contribution in [1.82, 2.24) is 0 Å². The van der Waals surface area contributed by atoms with Crippen molar-refractivity contribution >= 4 is 0 Å². The molecule has 0 aliphatic heterocycles. The first kappa shape index (κ1) is 15.4. The van der Waals surface area contributed by atoms with Crippen molar-refractivity contribution in [2.45, 2.75) is 57.2 Å². The first-order chi connectivity index (χ1) is 9.35. The Bertz CT molecular complexity index is 455. The number of halogens is 3. The van der Waals surface area contributed by atoms with Gasteiger partial charge in [0.1, 0.15) is 0 Å². The predicted octanol–water partition coefficient (Wildman–Crippen LogP) is 4.88. The van der Waals surface area contributed by atoms with Gasteiger partial charge >= 0.3 is 6.18 Å². The molecule has 1 nitrogen and oxygen atoms in total. The van der Waals surface area contributed by atoms with Gasteiger partial charge in [0.25, 0.3) is 0 Å². The molecule has 1 aromatic rings. The van der Waals surface area contributed by atoms with Gasteiger partial charge < -0.3 is 5.11 Å². The Hall–Kier alpha value is -1.03. The second kappa shape index (κ2) is 5.76. The third kappa shape index (κ3) is 3.35. The van der Waals surface area contributed by atoms with Crippen molar-refractivity contribution < 1.29 is 18.3 Å². The van der Waals surface area contributed by atoms with Gasteiger partial charge in [0.2, 0.25) is 0 Å². The Labute approximate surface area is 117 Å². The number of hydrogen-bond acceptors (Lipinski definition) is 1. The van der Waals surface area contributed by atoms with E-state index >= 15 is 0 Å². The van der Waals surface area contributed by atoms with Crippen LogP contribution in [0.25, 0.3) is 0 Å². The van der Waals surface area contributed by atoms with E-state index in [4.69, 9.17) is 0 Å². The zero-order valence-corrected chi connectivity index (χ0v) is 11.7. The summed E-state index contributed by atoms with van der Waals surface area (Å²) >= 11 is 0. The molecule has 1 aromatic carbocycles. The van der Waals surface area contributed by atoms with Crippen LogP contribution in [0.2, 0.25) is 0 Å². The molecule has 2 atom stereocenters. The Morgan fingerprint density at radius 1 is 1.25 bits per heavy atom. The first-order valence-corrected chi connectivity index (χ1v) is 7.25. The molecule has 0 amide bonds. The maximum atomic E-state index is 12.8. The number of rotatable bonds is 2. The van der Waals surface area contributed by atoms with E-state index in [1.54, 1.807) is 6.07 Å². The minimum absolute atomic E-state index is 0.407. The molecule has 0 bridgehead atoms. The Kier molecular flexibility index (Phi) is 4.43. The summed E-state index contributed by atoms with van der Waals surface area (Å²) in [7, 11) is 0. The molecule has 1 fully saturated rings. The van der Waals surface area contributed by atoms with Gasteiger partial charge in [-0.1, -0.05) is 31.9 Å². The van der Waals surface area contributed by atoms with Crippen LogP contribution in [0.15, 0.2) is 24.3 Å². The lowest BCUT2D eigenvalue weighted by atomic mass is 9.85. The second-order valence-corrected chi connectivity index (χ2v) is 5.82. The lowest BCUT2D eigenvalue weighted by molar-refractivity contribution is -0.137. The average molecular weight is 286 g/mol. The van der Waals surface area contributed by atoms with Crippen molar-refractivity contribution in [3.05, 3.63) is 35.4 Å². The maximum absolute atomic E-state index is 12.8. The molecule has 1 aliphatic rings. The van der Waals surface area contributed by atoms with Crippen molar-refractivity contribution in [3.8, 4) is 0 Å². The lowest BCUT2D eigenvalue weighted by Crippen LogP contribution is -2.25. The molecular formula is C16H21F3O. The minimum Gasteiger partial charge on any atom is -0.385 e. The molecule has 0 spiro atoms. The van der Waals surface area contributed by atoms with Crippen LogP contribution in [0.3, 0.4) is 0 Å². The van der Waals surface area contributed by atoms with Gasteiger partial charge in [-0.05, 0) is 49.3 Å². The molecule has 0 radical (unpaired) electrons. The third-order valence-electron chi connectivity index (χ3n) is 4.47. The highest BCUT2D eigenvalue weighted by molar-refractivity contribution is 5.30. The largest absolute Gasteiger partial charge is 0.416 e. The third-order valence-corrected chi connectivity index (χ3v) is 4.47. The van der Waals surface area contributed by atoms with Crippen LogP contribution < -0.4 is 0 Å². The van der Waals surface area contributed by atoms with E-state index in [0.717, 1.165) is 37.8 Å². The normalized spacial score (nSPS) is 28.1. The molecule has 0 saturated heterocycles. The highest BCUT2D eigenvalue weighted by atomic mass is 19.4. The number of benzene rings is 1.